The number of ketones is 1. The van der Waals surface area contributed by atoms with Gasteiger partial charge in [0.05, 0.1) is 5.56 Å². The monoisotopic (exact) mass is 413 g/mol. The lowest BCUT2D eigenvalue weighted by atomic mass is 10.0. The van der Waals surface area contributed by atoms with Gasteiger partial charge in [-0.15, -0.1) is 0 Å². The Labute approximate surface area is 182 Å². The number of hydrogen-bond acceptors (Lipinski definition) is 4. The van der Waals surface area contributed by atoms with Crippen LogP contribution in [0.25, 0.3) is 6.08 Å². The highest BCUT2D eigenvalue weighted by Gasteiger charge is 2.30. The maximum Gasteiger partial charge on any atom is 0.255 e. The lowest BCUT2D eigenvalue weighted by molar-refractivity contribution is 0.0792. The quantitative estimate of drug-likeness (QED) is 0.724. The summed E-state index contributed by atoms with van der Waals surface area (Å²) in [4.78, 5) is 34.4. The zero-order valence-electron chi connectivity index (χ0n) is 17.8. The van der Waals surface area contributed by atoms with Crippen molar-refractivity contribution in [2.24, 2.45) is 5.92 Å². The molecule has 31 heavy (non-hydrogen) atoms. The lowest BCUT2D eigenvalue weighted by Crippen LogP contribution is -2.29. The van der Waals surface area contributed by atoms with Crippen LogP contribution in [0.15, 0.2) is 36.0 Å². The molecular weight excluding hydrogens is 386 g/mol. The molecular formula is C26H27N3O2. The van der Waals surface area contributed by atoms with Crippen molar-refractivity contribution < 1.29 is 9.59 Å². The third-order valence-electron chi connectivity index (χ3n) is 7.08. The number of likely N-dealkylation sites (tertiary alicyclic amines) is 1. The molecule has 4 aliphatic rings. The minimum absolute atomic E-state index is 0.106. The van der Waals surface area contributed by atoms with Crippen molar-refractivity contribution in [3.05, 3.63) is 58.3 Å². The Bertz CT molecular complexity index is 1110. The molecule has 0 atom stereocenters. The molecule has 2 aromatic rings. The molecule has 3 heterocycles. The van der Waals surface area contributed by atoms with Gasteiger partial charge in [0, 0.05) is 42.7 Å². The van der Waals surface area contributed by atoms with Gasteiger partial charge >= 0.3 is 0 Å². The highest BCUT2D eigenvalue weighted by Crippen LogP contribution is 2.40. The molecule has 5 heteroatoms. The van der Waals surface area contributed by atoms with Crippen molar-refractivity contribution in [2.75, 3.05) is 24.5 Å². The van der Waals surface area contributed by atoms with E-state index in [1.54, 1.807) is 6.20 Å². The molecule has 2 aliphatic carbocycles. The predicted octanol–water partition coefficient (Wildman–Crippen LogP) is 4.78. The number of rotatable bonds is 4. The van der Waals surface area contributed by atoms with E-state index in [-0.39, 0.29) is 11.7 Å². The fraction of sp³-hybridized carbons (Fsp3) is 0.423. The molecule has 1 saturated heterocycles. The lowest BCUT2D eigenvalue weighted by Gasteiger charge is -2.31. The number of anilines is 2. The number of aromatic nitrogens is 1. The van der Waals surface area contributed by atoms with Crippen molar-refractivity contribution in [3.8, 4) is 0 Å². The van der Waals surface area contributed by atoms with E-state index >= 15 is 0 Å². The molecule has 1 saturated carbocycles. The van der Waals surface area contributed by atoms with E-state index in [0.717, 1.165) is 85.5 Å². The van der Waals surface area contributed by atoms with Crippen LogP contribution < -0.4 is 4.90 Å². The van der Waals surface area contributed by atoms with Gasteiger partial charge in [0.2, 0.25) is 0 Å². The summed E-state index contributed by atoms with van der Waals surface area (Å²) < 4.78 is 0. The Morgan fingerprint density at radius 2 is 1.90 bits per heavy atom. The van der Waals surface area contributed by atoms with Gasteiger partial charge < -0.3 is 9.80 Å². The number of fused-ring (bicyclic) bond motifs is 2. The molecule has 1 amide bonds. The minimum atomic E-state index is 0.106. The van der Waals surface area contributed by atoms with Crippen LogP contribution in [0.3, 0.4) is 0 Å². The smallest absolute Gasteiger partial charge is 0.255 e. The summed E-state index contributed by atoms with van der Waals surface area (Å²) >= 11 is 0. The Morgan fingerprint density at radius 1 is 1.06 bits per heavy atom. The van der Waals surface area contributed by atoms with E-state index in [9.17, 15) is 9.59 Å². The molecule has 0 radical (unpaired) electrons. The predicted molar refractivity (Wildman–Crippen MR) is 121 cm³/mol. The zero-order valence-corrected chi connectivity index (χ0v) is 17.8. The largest absolute Gasteiger partial charge is 0.339 e. The summed E-state index contributed by atoms with van der Waals surface area (Å²) in [6.07, 6.45) is 11.4. The molecule has 1 aromatic carbocycles. The first kappa shape index (κ1) is 18.8. The standard InChI is InChI=1S/C26H27N3O2/c30-24-20(12-17-5-6-17)14-19-15-22(7-8-23(19)24)29-11-3-4-18-13-21(16-27-25(18)29)26(31)28-9-1-2-10-28/h7-8,13-17H,1-6,9-12H2. The van der Waals surface area contributed by atoms with Crippen LogP contribution in [0.1, 0.15) is 70.4 Å². The number of amides is 1. The molecule has 5 nitrogen and oxygen atoms in total. The molecule has 2 fully saturated rings. The van der Waals surface area contributed by atoms with Crippen LogP contribution >= 0.6 is 0 Å². The number of allylic oxidation sites excluding steroid dienone is 1. The van der Waals surface area contributed by atoms with Gasteiger partial charge in [0.15, 0.2) is 5.78 Å². The van der Waals surface area contributed by atoms with E-state index in [0.29, 0.717) is 11.5 Å². The second-order valence-electron chi connectivity index (χ2n) is 9.38. The summed E-state index contributed by atoms with van der Waals surface area (Å²) in [5, 5.41) is 0. The molecule has 0 bridgehead atoms. The Morgan fingerprint density at radius 3 is 2.71 bits per heavy atom. The number of benzene rings is 1. The summed E-state index contributed by atoms with van der Waals surface area (Å²) in [6, 6.07) is 8.19. The first-order valence-electron chi connectivity index (χ1n) is 11.6. The summed E-state index contributed by atoms with van der Waals surface area (Å²) in [5.74, 6) is 1.96. The third-order valence-corrected chi connectivity index (χ3v) is 7.08. The number of carbonyl (C=O) groups is 2. The molecule has 0 spiro atoms. The van der Waals surface area contributed by atoms with Gasteiger partial charge in [0.25, 0.3) is 5.91 Å². The van der Waals surface area contributed by atoms with Crippen LogP contribution in [0.2, 0.25) is 0 Å². The first-order valence-corrected chi connectivity index (χ1v) is 11.6. The highest BCUT2D eigenvalue weighted by molar-refractivity contribution is 6.18. The van der Waals surface area contributed by atoms with Crippen LogP contribution in [0, 0.1) is 5.92 Å². The SMILES string of the molecule is O=C1C(CC2CC2)=Cc2cc(N3CCCc4cc(C(=O)N5CCCC5)cnc43)ccc21. The van der Waals surface area contributed by atoms with E-state index in [4.69, 9.17) is 4.98 Å². The summed E-state index contributed by atoms with van der Waals surface area (Å²) in [5.41, 5.74) is 5.74. The normalized spacial score (nSPS) is 20.0. The van der Waals surface area contributed by atoms with Crippen molar-refractivity contribution in [2.45, 2.75) is 44.9 Å². The number of Topliss-reactive ketones (excluding diaryl/α,β-unsaturated/α-hetero) is 1. The average molecular weight is 414 g/mol. The first-order chi connectivity index (χ1) is 15.2. The Balaban J connectivity index is 1.29. The fourth-order valence-electron chi connectivity index (χ4n) is 5.19. The van der Waals surface area contributed by atoms with Crippen molar-refractivity contribution in [1.29, 1.82) is 0 Å². The van der Waals surface area contributed by atoms with Gasteiger partial charge in [-0.2, -0.15) is 0 Å². The van der Waals surface area contributed by atoms with E-state index in [2.05, 4.69) is 17.0 Å². The van der Waals surface area contributed by atoms with E-state index < -0.39 is 0 Å². The summed E-state index contributed by atoms with van der Waals surface area (Å²) in [6.45, 7) is 2.60. The average Bonchev–Trinajstić information content (AvgIpc) is 3.33. The fourth-order valence-corrected chi connectivity index (χ4v) is 5.19. The summed E-state index contributed by atoms with van der Waals surface area (Å²) in [7, 11) is 0. The molecule has 0 N–H and O–H groups in total. The zero-order chi connectivity index (χ0) is 20.9. The van der Waals surface area contributed by atoms with Gasteiger partial charge in [-0.25, -0.2) is 4.98 Å². The van der Waals surface area contributed by atoms with E-state index in [1.807, 2.05) is 23.1 Å². The Kier molecular flexibility index (Phi) is 4.44. The molecule has 0 unspecified atom stereocenters. The van der Waals surface area contributed by atoms with Gasteiger partial charge in [-0.05, 0) is 92.3 Å². The van der Waals surface area contributed by atoms with Gasteiger partial charge in [-0.1, -0.05) is 0 Å². The minimum Gasteiger partial charge on any atom is -0.339 e. The van der Waals surface area contributed by atoms with Crippen LogP contribution in [0.4, 0.5) is 11.5 Å². The number of pyridine rings is 1. The third kappa shape index (κ3) is 3.36. The van der Waals surface area contributed by atoms with Crippen LogP contribution in [0.5, 0.6) is 0 Å². The van der Waals surface area contributed by atoms with Crippen molar-refractivity contribution >= 4 is 29.3 Å². The molecule has 1 aromatic heterocycles. The van der Waals surface area contributed by atoms with Gasteiger partial charge in [0.1, 0.15) is 5.82 Å². The van der Waals surface area contributed by atoms with Crippen LogP contribution in [-0.4, -0.2) is 41.2 Å². The molecule has 158 valence electrons. The maximum atomic E-state index is 12.8. The molecule has 6 rings (SSSR count). The number of hydrogen-bond donors (Lipinski definition) is 0. The topological polar surface area (TPSA) is 53.5 Å². The second kappa shape index (κ2) is 7.33. The second-order valence-corrected chi connectivity index (χ2v) is 9.38. The van der Waals surface area contributed by atoms with Gasteiger partial charge in [-0.3, -0.25) is 9.59 Å². The Hall–Kier alpha value is -2.95. The van der Waals surface area contributed by atoms with Crippen LogP contribution in [-0.2, 0) is 6.42 Å². The van der Waals surface area contributed by atoms with Crippen molar-refractivity contribution in [1.82, 2.24) is 9.88 Å². The molecule has 2 aliphatic heterocycles. The highest BCUT2D eigenvalue weighted by atomic mass is 16.2. The number of nitrogens with zero attached hydrogens (tertiary/aromatic N) is 3. The maximum absolute atomic E-state index is 12.8. The number of aryl methyl sites for hydroxylation is 1. The van der Waals surface area contributed by atoms with E-state index in [1.165, 1.54) is 12.8 Å². The van der Waals surface area contributed by atoms with Crippen molar-refractivity contribution in [3.63, 3.8) is 0 Å². The number of carbonyl (C=O) groups excluding carboxylic acids is 2.